The Bertz CT molecular complexity index is 526. The van der Waals surface area contributed by atoms with Crippen LogP contribution in [0.2, 0.25) is 5.02 Å². The number of hydrogen-bond donors (Lipinski definition) is 2. The third kappa shape index (κ3) is 4.47. The highest BCUT2D eigenvalue weighted by Gasteiger charge is 2.24. The summed E-state index contributed by atoms with van der Waals surface area (Å²) in [7, 11) is 0. The fraction of sp³-hybridized carbons (Fsp3) is 0.462. The summed E-state index contributed by atoms with van der Waals surface area (Å²) in [5.41, 5.74) is 5.57. The van der Waals surface area contributed by atoms with Gasteiger partial charge in [-0.3, -0.25) is 14.9 Å². The standard InChI is InChI=1S/C13H18ClN3O3/c1-13(2,3)11(15)7-12(18)16-9-5-4-8(14)6-10(9)17(19)20/h4-6,11H,7,15H2,1-3H3,(H,16,18). The Balaban J connectivity index is 2.84. The second-order valence-electron chi connectivity index (χ2n) is 5.64. The molecule has 6 nitrogen and oxygen atoms in total. The normalized spacial score (nSPS) is 12.8. The Hall–Kier alpha value is -1.66. The number of nitrogens with zero attached hydrogens (tertiary/aromatic N) is 1. The molecule has 0 aliphatic carbocycles. The molecular weight excluding hydrogens is 282 g/mol. The minimum atomic E-state index is -0.592. The van der Waals surface area contributed by atoms with E-state index in [2.05, 4.69) is 5.32 Å². The van der Waals surface area contributed by atoms with Crippen LogP contribution in [0.5, 0.6) is 0 Å². The van der Waals surface area contributed by atoms with Crippen LogP contribution in [-0.2, 0) is 4.79 Å². The lowest BCUT2D eigenvalue weighted by molar-refractivity contribution is -0.383. The number of nitrogens with one attached hydrogen (secondary N) is 1. The molecule has 20 heavy (non-hydrogen) atoms. The van der Waals surface area contributed by atoms with E-state index in [1.807, 2.05) is 20.8 Å². The fourth-order valence-corrected chi connectivity index (χ4v) is 1.64. The van der Waals surface area contributed by atoms with E-state index in [0.29, 0.717) is 0 Å². The quantitative estimate of drug-likeness (QED) is 0.659. The Morgan fingerprint density at radius 1 is 1.50 bits per heavy atom. The number of carbonyl (C=O) groups excluding carboxylic acids is 1. The summed E-state index contributed by atoms with van der Waals surface area (Å²) in [5, 5.41) is 13.6. The average molecular weight is 300 g/mol. The maximum Gasteiger partial charge on any atom is 0.294 e. The Morgan fingerprint density at radius 2 is 2.10 bits per heavy atom. The highest BCUT2D eigenvalue weighted by Crippen LogP contribution is 2.28. The number of halogens is 1. The van der Waals surface area contributed by atoms with Gasteiger partial charge in [0.15, 0.2) is 0 Å². The number of carbonyl (C=O) groups is 1. The van der Waals surface area contributed by atoms with E-state index >= 15 is 0 Å². The SMILES string of the molecule is CC(C)(C)C(N)CC(=O)Nc1ccc(Cl)cc1[N+](=O)[O-]. The van der Waals surface area contributed by atoms with Crippen LogP contribution in [-0.4, -0.2) is 16.9 Å². The summed E-state index contributed by atoms with van der Waals surface area (Å²) in [6.45, 7) is 5.78. The Morgan fingerprint density at radius 3 is 2.60 bits per heavy atom. The van der Waals surface area contributed by atoms with Crippen molar-refractivity contribution in [2.75, 3.05) is 5.32 Å². The van der Waals surface area contributed by atoms with Gasteiger partial charge in [0.05, 0.1) is 4.92 Å². The zero-order valence-corrected chi connectivity index (χ0v) is 12.4. The Kier molecular flexibility index (Phi) is 5.08. The summed E-state index contributed by atoms with van der Waals surface area (Å²) >= 11 is 5.70. The third-order valence-corrected chi connectivity index (χ3v) is 3.18. The van der Waals surface area contributed by atoms with Crippen LogP contribution < -0.4 is 11.1 Å². The van der Waals surface area contributed by atoms with Gasteiger partial charge in [-0.1, -0.05) is 32.4 Å². The molecule has 0 aliphatic rings. The molecule has 0 spiro atoms. The van der Waals surface area contributed by atoms with Gasteiger partial charge in [-0.05, 0) is 17.5 Å². The number of nitro benzene ring substituents is 1. The number of anilines is 1. The van der Waals surface area contributed by atoms with Gasteiger partial charge in [-0.2, -0.15) is 0 Å². The van der Waals surface area contributed by atoms with Gasteiger partial charge in [0.25, 0.3) is 5.69 Å². The van der Waals surface area contributed by atoms with Gasteiger partial charge < -0.3 is 11.1 Å². The van der Waals surface area contributed by atoms with E-state index in [0.717, 1.165) is 0 Å². The van der Waals surface area contributed by atoms with Crippen LogP contribution in [0.3, 0.4) is 0 Å². The molecule has 1 amide bonds. The highest BCUT2D eigenvalue weighted by atomic mass is 35.5. The van der Waals surface area contributed by atoms with Gasteiger partial charge >= 0.3 is 0 Å². The molecule has 1 aromatic rings. The number of amides is 1. The maximum atomic E-state index is 11.9. The van der Waals surface area contributed by atoms with Gasteiger partial charge in [0.2, 0.25) is 5.91 Å². The molecule has 0 saturated carbocycles. The lowest BCUT2D eigenvalue weighted by Crippen LogP contribution is -2.38. The molecule has 0 aromatic heterocycles. The smallest absolute Gasteiger partial charge is 0.294 e. The molecule has 1 atom stereocenters. The number of nitrogens with two attached hydrogens (primary N) is 1. The van der Waals surface area contributed by atoms with Crippen LogP contribution in [0.15, 0.2) is 18.2 Å². The molecule has 0 heterocycles. The topological polar surface area (TPSA) is 98.3 Å². The van der Waals surface area contributed by atoms with Gasteiger partial charge in [0, 0.05) is 23.6 Å². The van der Waals surface area contributed by atoms with Crippen molar-refractivity contribution in [2.45, 2.75) is 33.2 Å². The molecule has 0 bridgehead atoms. The van der Waals surface area contributed by atoms with E-state index in [1.165, 1.54) is 18.2 Å². The van der Waals surface area contributed by atoms with E-state index in [9.17, 15) is 14.9 Å². The fourth-order valence-electron chi connectivity index (χ4n) is 1.47. The zero-order chi connectivity index (χ0) is 15.5. The predicted octanol–water partition coefficient (Wildman–Crippen LogP) is 2.95. The van der Waals surface area contributed by atoms with E-state index in [-0.39, 0.29) is 40.2 Å². The van der Waals surface area contributed by atoms with Crippen LogP contribution in [0.25, 0.3) is 0 Å². The second kappa shape index (κ2) is 6.19. The number of rotatable bonds is 4. The first-order chi connectivity index (χ1) is 9.11. The molecule has 1 rings (SSSR count). The molecule has 7 heteroatoms. The lowest BCUT2D eigenvalue weighted by atomic mass is 9.85. The van der Waals surface area contributed by atoms with Crippen molar-refractivity contribution in [2.24, 2.45) is 11.1 Å². The first kappa shape index (κ1) is 16.4. The molecule has 0 radical (unpaired) electrons. The van der Waals surface area contributed by atoms with Crippen LogP contribution >= 0.6 is 11.6 Å². The van der Waals surface area contributed by atoms with E-state index < -0.39 is 4.92 Å². The van der Waals surface area contributed by atoms with Gasteiger partial charge in [-0.25, -0.2) is 0 Å². The highest BCUT2D eigenvalue weighted by molar-refractivity contribution is 6.31. The minimum Gasteiger partial charge on any atom is -0.327 e. The molecule has 110 valence electrons. The minimum absolute atomic E-state index is 0.0866. The molecule has 0 fully saturated rings. The average Bonchev–Trinajstić information content (AvgIpc) is 2.29. The summed E-state index contributed by atoms with van der Waals surface area (Å²) in [6, 6.07) is 3.74. The van der Waals surface area contributed by atoms with Crippen molar-refractivity contribution in [3.8, 4) is 0 Å². The van der Waals surface area contributed by atoms with Gasteiger partial charge in [0.1, 0.15) is 5.69 Å². The van der Waals surface area contributed by atoms with Crippen LogP contribution in [0, 0.1) is 15.5 Å². The Labute approximate surface area is 122 Å². The number of nitro groups is 1. The van der Waals surface area contributed by atoms with Crippen molar-refractivity contribution in [3.63, 3.8) is 0 Å². The maximum absolute atomic E-state index is 11.9. The molecule has 0 aliphatic heterocycles. The van der Waals surface area contributed by atoms with E-state index in [1.54, 1.807) is 0 Å². The molecule has 1 aromatic carbocycles. The predicted molar refractivity (Wildman–Crippen MR) is 78.8 cm³/mol. The first-order valence-electron chi connectivity index (χ1n) is 6.10. The lowest BCUT2D eigenvalue weighted by Gasteiger charge is -2.26. The van der Waals surface area contributed by atoms with Crippen molar-refractivity contribution in [1.29, 1.82) is 0 Å². The van der Waals surface area contributed by atoms with Crippen molar-refractivity contribution >= 4 is 28.9 Å². The summed E-state index contributed by atoms with van der Waals surface area (Å²) in [6.07, 6.45) is 0.0866. The third-order valence-electron chi connectivity index (χ3n) is 2.95. The number of benzene rings is 1. The van der Waals surface area contributed by atoms with Crippen LogP contribution in [0.1, 0.15) is 27.2 Å². The summed E-state index contributed by atoms with van der Waals surface area (Å²) in [4.78, 5) is 22.2. The summed E-state index contributed by atoms with van der Waals surface area (Å²) < 4.78 is 0. The van der Waals surface area contributed by atoms with E-state index in [4.69, 9.17) is 17.3 Å². The zero-order valence-electron chi connectivity index (χ0n) is 11.6. The van der Waals surface area contributed by atoms with Crippen molar-refractivity contribution < 1.29 is 9.72 Å². The molecular formula is C13H18ClN3O3. The second-order valence-corrected chi connectivity index (χ2v) is 6.08. The van der Waals surface area contributed by atoms with Gasteiger partial charge in [-0.15, -0.1) is 0 Å². The molecule has 3 N–H and O–H groups in total. The van der Waals surface area contributed by atoms with Crippen LogP contribution in [0.4, 0.5) is 11.4 Å². The number of hydrogen-bond acceptors (Lipinski definition) is 4. The summed E-state index contributed by atoms with van der Waals surface area (Å²) in [5.74, 6) is -0.363. The largest absolute Gasteiger partial charge is 0.327 e. The molecule has 0 saturated heterocycles. The monoisotopic (exact) mass is 299 g/mol. The van der Waals surface area contributed by atoms with Crippen molar-refractivity contribution in [3.05, 3.63) is 33.3 Å². The molecule has 1 unspecified atom stereocenters. The first-order valence-corrected chi connectivity index (χ1v) is 6.48. The van der Waals surface area contributed by atoms with Crippen molar-refractivity contribution in [1.82, 2.24) is 0 Å².